The van der Waals surface area contributed by atoms with Crippen LogP contribution >= 0.6 is 0 Å². The zero-order valence-electron chi connectivity index (χ0n) is 12.1. The number of hydrogen-bond acceptors (Lipinski definition) is 4. The lowest BCUT2D eigenvalue weighted by Gasteiger charge is -2.21. The van der Waals surface area contributed by atoms with E-state index in [2.05, 4.69) is 15.0 Å². The Kier molecular flexibility index (Phi) is 5.24. The van der Waals surface area contributed by atoms with Gasteiger partial charge in [0.1, 0.15) is 18.6 Å². The lowest BCUT2D eigenvalue weighted by atomic mass is 10.2. The first-order chi connectivity index (χ1) is 10.6. The van der Waals surface area contributed by atoms with Crippen LogP contribution in [0.1, 0.15) is 23.7 Å². The van der Waals surface area contributed by atoms with Crippen LogP contribution in [0.3, 0.4) is 0 Å². The van der Waals surface area contributed by atoms with Crippen molar-refractivity contribution in [1.82, 2.24) is 10.1 Å². The minimum Gasteiger partial charge on any atom is -0.363 e. The highest BCUT2D eigenvalue weighted by molar-refractivity contribution is 5.99. The number of aromatic nitrogens is 1. The van der Waals surface area contributed by atoms with E-state index < -0.39 is 5.82 Å². The van der Waals surface area contributed by atoms with Gasteiger partial charge < -0.3 is 14.7 Å². The highest BCUT2D eigenvalue weighted by atomic mass is 19.1. The summed E-state index contributed by atoms with van der Waals surface area (Å²) in [5.74, 6) is -0.826. The van der Waals surface area contributed by atoms with Crippen LogP contribution in [0.4, 0.5) is 10.2 Å². The maximum Gasteiger partial charge on any atom is 0.254 e. The molecule has 0 saturated carbocycles. The highest BCUT2D eigenvalue weighted by Crippen LogP contribution is 2.08. The van der Waals surface area contributed by atoms with E-state index in [1.54, 1.807) is 0 Å². The third-order valence-electron chi connectivity index (χ3n) is 2.91. The van der Waals surface area contributed by atoms with E-state index in [0.717, 1.165) is 0 Å². The van der Waals surface area contributed by atoms with Gasteiger partial charge in [0.15, 0.2) is 5.82 Å². The van der Waals surface area contributed by atoms with E-state index in [-0.39, 0.29) is 24.2 Å². The molecule has 0 atom stereocenters. The summed E-state index contributed by atoms with van der Waals surface area (Å²) in [7, 11) is 0. The van der Waals surface area contributed by atoms with Crippen LogP contribution in [0.25, 0.3) is 0 Å². The first-order valence-corrected chi connectivity index (χ1v) is 6.85. The summed E-state index contributed by atoms with van der Waals surface area (Å²) < 4.78 is 17.5. The van der Waals surface area contributed by atoms with Crippen molar-refractivity contribution in [2.45, 2.75) is 13.3 Å². The average Bonchev–Trinajstić information content (AvgIpc) is 2.99. The van der Waals surface area contributed by atoms with E-state index >= 15 is 0 Å². The molecule has 1 aromatic heterocycles. The van der Waals surface area contributed by atoms with Crippen molar-refractivity contribution < 1.29 is 18.5 Å². The number of hydrogen-bond donors (Lipinski definition) is 1. The second-order valence-corrected chi connectivity index (χ2v) is 4.67. The molecule has 6 nitrogen and oxygen atoms in total. The van der Waals surface area contributed by atoms with Crippen LogP contribution in [0.5, 0.6) is 0 Å². The summed E-state index contributed by atoms with van der Waals surface area (Å²) >= 11 is 0. The molecule has 0 radical (unpaired) electrons. The van der Waals surface area contributed by atoms with Crippen molar-refractivity contribution in [1.29, 1.82) is 0 Å². The number of halogens is 1. The van der Waals surface area contributed by atoms with Crippen LogP contribution in [-0.4, -0.2) is 35.0 Å². The van der Waals surface area contributed by atoms with E-state index in [0.29, 0.717) is 18.5 Å². The molecular weight excluding hydrogens is 289 g/mol. The van der Waals surface area contributed by atoms with Gasteiger partial charge in [-0.05, 0) is 30.7 Å². The Labute approximate surface area is 126 Å². The minimum absolute atomic E-state index is 0.114. The molecule has 7 heteroatoms. The summed E-state index contributed by atoms with van der Waals surface area (Å²) in [5, 5.41) is 6.10. The number of rotatable bonds is 6. The van der Waals surface area contributed by atoms with Gasteiger partial charge in [-0.25, -0.2) is 4.39 Å². The fourth-order valence-electron chi connectivity index (χ4n) is 1.93. The smallest absolute Gasteiger partial charge is 0.254 e. The molecular formula is C15H16FN3O3. The molecule has 116 valence electrons. The van der Waals surface area contributed by atoms with Crippen LogP contribution in [0.2, 0.25) is 0 Å². The fourth-order valence-corrected chi connectivity index (χ4v) is 1.93. The van der Waals surface area contributed by atoms with Crippen molar-refractivity contribution in [2.24, 2.45) is 0 Å². The summed E-state index contributed by atoms with van der Waals surface area (Å²) in [6, 6.07) is 6.73. The van der Waals surface area contributed by atoms with E-state index in [1.807, 2.05) is 6.92 Å². The maximum absolute atomic E-state index is 12.9. The molecule has 1 heterocycles. The predicted octanol–water partition coefficient (Wildman–Crippen LogP) is 2.30. The molecule has 0 bridgehead atoms. The maximum atomic E-state index is 12.9. The number of nitrogens with one attached hydrogen (secondary N) is 1. The number of amides is 2. The zero-order valence-corrected chi connectivity index (χ0v) is 12.1. The van der Waals surface area contributed by atoms with Gasteiger partial charge in [0, 0.05) is 18.2 Å². The van der Waals surface area contributed by atoms with Gasteiger partial charge in [-0.15, -0.1) is 0 Å². The van der Waals surface area contributed by atoms with Gasteiger partial charge in [-0.2, -0.15) is 0 Å². The lowest BCUT2D eigenvalue weighted by molar-refractivity contribution is -0.116. The molecule has 0 aliphatic heterocycles. The highest BCUT2D eigenvalue weighted by Gasteiger charge is 2.18. The minimum atomic E-state index is -0.414. The molecule has 1 aromatic carbocycles. The molecule has 22 heavy (non-hydrogen) atoms. The van der Waals surface area contributed by atoms with Crippen LogP contribution in [0.15, 0.2) is 41.1 Å². The van der Waals surface area contributed by atoms with Gasteiger partial charge in [0.05, 0.1) is 0 Å². The largest absolute Gasteiger partial charge is 0.363 e. The van der Waals surface area contributed by atoms with Crippen LogP contribution in [-0.2, 0) is 4.79 Å². The topological polar surface area (TPSA) is 75.4 Å². The van der Waals surface area contributed by atoms with Gasteiger partial charge in [-0.1, -0.05) is 12.1 Å². The number of carbonyl (C=O) groups excluding carboxylic acids is 2. The van der Waals surface area contributed by atoms with Gasteiger partial charge in [0.25, 0.3) is 5.91 Å². The Morgan fingerprint density at radius 1 is 1.27 bits per heavy atom. The Morgan fingerprint density at radius 3 is 2.59 bits per heavy atom. The van der Waals surface area contributed by atoms with Crippen molar-refractivity contribution in [3.63, 3.8) is 0 Å². The van der Waals surface area contributed by atoms with Gasteiger partial charge >= 0.3 is 0 Å². The van der Waals surface area contributed by atoms with Crippen molar-refractivity contribution in [3.8, 4) is 0 Å². The number of anilines is 1. The molecule has 0 saturated heterocycles. The van der Waals surface area contributed by atoms with Crippen molar-refractivity contribution in [2.75, 3.05) is 18.4 Å². The third-order valence-corrected chi connectivity index (χ3v) is 2.91. The number of nitrogens with zero attached hydrogens (tertiary/aromatic N) is 2. The van der Waals surface area contributed by atoms with Gasteiger partial charge in [0.2, 0.25) is 5.91 Å². The normalized spacial score (nSPS) is 10.3. The molecule has 0 fully saturated rings. The van der Waals surface area contributed by atoms with E-state index in [9.17, 15) is 14.0 Å². The second kappa shape index (κ2) is 7.35. The van der Waals surface area contributed by atoms with Gasteiger partial charge in [-0.3, -0.25) is 9.59 Å². The third kappa shape index (κ3) is 4.15. The summed E-state index contributed by atoms with van der Waals surface area (Å²) in [6.45, 7) is 2.21. The summed E-state index contributed by atoms with van der Waals surface area (Å²) in [6.07, 6.45) is 2.03. The Bertz CT molecular complexity index is 626. The van der Waals surface area contributed by atoms with Crippen LogP contribution < -0.4 is 5.32 Å². The molecule has 2 rings (SSSR count). The average molecular weight is 305 g/mol. The Hall–Kier alpha value is -2.70. The SMILES string of the molecule is CCCN(CC(=O)Nc1ccon1)C(=O)c1ccc(F)cc1. The second-order valence-electron chi connectivity index (χ2n) is 4.67. The molecule has 2 aromatic rings. The quantitative estimate of drug-likeness (QED) is 0.888. The summed E-state index contributed by atoms with van der Waals surface area (Å²) in [4.78, 5) is 25.7. The first-order valence-electron chi connectivity index (χ1n) is 6.85. The monoisotopic (exact) mass is 305 g/mol. The molecule has 0 unspecified atom stereocenters. The standard InChI is InChI=1S/C15H16FN3O3/c1-2-8-19(10-14(20)17-13-7-9-22-18-13)15(21)11-3-5-12(16)6-4-11/h3-7,9H,2,8,10H2,1H3,(H,17,18,20). The number of benzene rings is 1. The lowest BCUT2D eigenvalue weighted by Crippen LogP contribution is -2.38. The molecule has 2 amide bonds. The fraction of sp³-hybridized carbons (Fsp3) is 0.267. The van der Waals surface area contributed by atoms with E-state index in [1.165, 1.54) is 41.5 Å². The van der Waals surface area contributed by atoms with E-state index in [4.69, 9.17) is 0 Å². The molecule has 1 N–H and O–H groups in total. The van der Waals surface area contributed by atoms with Crippen molar-refractivity contribution >= 4 is 17.6 Å². The van der Waals surface area contributed by atoms with Crippen LogP contribution in [0, 0.1) is 5.82 Å². The molecule has 0 spiro atoms. The van der Waals surface area contributed by atoms with Crippen molar-refractivity contribution in [3.05, 3.63) is 48.0 Å². The summed E-state index contributed by atoms with van der Waals surface area (Å²) in [5.41, 5.74) is 0.337. The molecule has 0 aliphatic carbocycles. The zero-order chi connectivity index (χ0) is 15.9. The Balaban J connectivity index is 2.03. The molecule has 0 aliphatic rings. The first kappa shape index (κ1) is 15.7. The Morgan fingerprint density at radius 2 is 2.00 bits per heavy atom. The number of carbonyl (C=O) groups is 2. The predicted molar refractivity (Wildman–Crippen MR) is 77.7 cm³/mol.